The topological polar surface area (TPSA) is 79.9 Å². The molecule has 2 aromatic carbocycles. The highest BCUT2D eigenvalue weighted by Gasteiger charge is 2.24. The van der Waals surface area contributed by atoms with Gasteiger partial charge in [-0.3, -0.25) is 14.5 Å². The van der Waals surface area contributed by atoms with E-state index in [0.29, 0.717) is 18.7 Å². The summed E-state index contributed by atoms with van der Waals surface area (Å²) in [7, 11) is 1.65. The van der Waals surface area contributed by atoms with E-state index in [2.05, 4.69) is 22.5 Å². The maximum Gasteiger partial charge on any atom is 0.251 e. The molecule has 178 valence electrons. The lowest BCUT2D eigenvalue weighted by molar-refractivity contribution is -0.120. The largest absolute Gasteiger partial charge is 0.497 e. The smallest absolute Gasteiger partial charge is 0.251 e. The average molecular weight is 454 g/mol. The first kappa shape index (κ1) is 24.6. The van der Waals surface area contributed by atoms with Crippen LogP contribution in [-0.2, 0) is 4.79 Å². The second-order valence-corrected chi connectivity index (χ2v) is 8.25. The van der Waals surface area contributed by atoms with Gasteiger partial charge in [0, 0.05) is 12.1 Å². The third-order valence-electron chi connectivity index (χ3n) is 5.87. The third-order valence-corrected chi connectivity index (χ3v) is 5.87. The minimum atomic E-state index is -0.281. The first-order valence-electron chi connectivity index (χ1n) is 11.8. The number of hydrogen-bond acceptors (Lipinski definition) is 5. The molecule has 7 heteroatoms. The Labute approximate surface area is 196 Å². The highest BCUT2D eigenvalue weighted by molar-refractivity contribution is 5.96. The molecule has 1 aliphatic heterocycles. The Balaban J connectivity index is 1.48. The summed E-state index contributed by atoms with van der Waals surface area (Å²) in [5.74, 6) is 1.06. The lowest BCUT2D eigenvalue weighted by atomic mass is 10.1. The molecular weight excluding hydrogens is 418 g/mol. The number of methoxy groups -OCH3 is 1. The van der Waals surface area contributed by atoms with Crippen molar-refractivity contribution in [3.8, 4) is 11.5 Å². The number of likely N-dealkylation sites (tertiary alicyclic amines) is 1. The standard InChI is InChI=1S/C26H35N3O4/c1-3-4-17-33-23-13-9-21(10-14-23)26(31)28-19-25(30)27-18-24(29-15-5-6-16-29)20-7-11-22(32-2)12-8-20/h7-14,24H,3-6,15-19H2,1-2H3,(H,27,30)(H,28,31)/t24-/m0/s1. The fourth-order valence-electron chi connectivity index (χ4n) is 3.91. The van der Waals surface area contributed by atoms with Gasteiger partial charge in [0.2, 0.25) is 5.91 Å². The molecule has 2 N–H and O–H groups in total. The van der Waals surface area contributed by atoms with Crippen LogP contribution in [0, 0.1) is 0 Å². The first-order chi connectivity index (χ1) is 16.1. The Kier molecular flexibility index (Phi) is 9.57. The summed E-state index contributed by atoms with van der Waals surface area (Å²) in [4.78, 5) is 27.2. The molecule has 1 atom stereocenters. The Morgan fingerprint density at radius 3 is 2.27 bits per heavy atom. The maximum atomic E-state index is 12.4. The zero-order chi connectivity index (χ0) is 23.5. The highest BCUT2D eigenvalue weighted by atomic mass is 16.5. The van der Waals surface area contributed by atoms with Crippen molar-refractivity contribution < 1.29 is 19.1 Å². The van der Waals surface area contributed by atoms with Gasteiger partial charge >= 0.3 is 0 Å². The van der Waals surface area contributed by atoms with E-state index < -0.39 is 0 Å². The van der Waals surface area contributed by atoms with Crippen molar-refractivity contribution >= 4 is 11.8 Å². The van der Waals surface area contributed by atoms with Crippen molar-refractivity contribution in [2.45, 2.75) is 38.6 Å². The molecule has 2 aromatic rings. The van der Waals surface area contributed by atoms with E-state index in [-0.39, 0.29) is 24.4 Å². The summed E-state index contributed by atoms with van der Waals surface area (Å²) in [5.41, 5.74) is 1.64. The second-order valence-electron chi connectivity index (χ2n) is 8.25. The van der Waals surface area contributed by atoms with Crippen LogP contribution in [0.2, 0.25) is 0 Å². The molecule has 0 aromatic heterocycles. The number of ether oxygens (including phenoxy) is 2. The van der Waals surface area contributed by atoms with Gasteiger partial charge in [-0.25, -0.2) is 0 Å². The van der Waals surface area contributed by atoms with E-state index in [1.54, 1.807) is 31.4 Å². The van der Waals surface area contributed by atoms with Crippen LogP contribution in [0.3, 0.4) is 0 Å². The van der Waals surface area contributed by atoms with Gasteiger partial charge < -0.3 is 20.1 Å². The molecule has 1 aliphatic rings. The summed E-state index contributed by atoms with van der Waals surface area (Å²) in [6, 6.07) is 15.1. The summed E-state index contributed by atoms with van der Waals surface area (Å²) in [5, 5.41) is 5.68. The maximum absolute atomic E-state index is 12.4. The normalized spacial score (nSPS) is 14.5. The highest BCUT2D eigenvalue weighted by Crippen LogP contribution is 2.26. The number of nitrogens with one attached hydrogen (secondary N) is 2. The van der Waals surface area contributed by atoms with E-state index in [0.717, 1.165) is 43.0 Å². The molecule has 0 radical (unpaired) electrons. The molecule has 0 aliphatic carbocycles. The van der Waals surface area contributed by atoms with E-state index in [4.69, 9.17) is 9.47 Å². The summed E-state index contributed by atoms with van der Waals surface area (Å²) in [6.07, 6.45) is 4.40. The van der Waals surface area contributed by atoms with Gasteiger partial charge in [-0.1, -0.05) is 25.5 Å². The lowest BCUT2D eigenvalue weighted by Gasteiger charge is -2.28. The van der Waals surface area contributed by atoms with Crippen LogP contribution in [0.4, 0.5) is 0 Å². The van der Waals surface area contributed by atoms with Crippen molar-refractivity contribution in [2.75, 3.05) is 39.9 Å². The molecule has 1 saturated heterocycles. The minimum absolute atomic E-state index is 0.0666. The van der Waals surface area contributed by atoms with E-state index >= 15 is 0 Å². The summed E-state index contributed by atoms with van der Waals surface area (Å²) < 4.78 is 10.9. The van der Waals surface area contributed by atoms with Crippen molar-refractivity contribution in [2.24, 2.45) is 0 Å². The van der Waals surface area contributed by atoms with E-state index in [1.165, 1.54) is 12.8 Å². The van der Waals surface area contributed by atoms with Crippen LogP contribution < -0.4 is 20.1 Å². The van der Waals surface area contributed by atoms with Gasteiger partial charge in [-0.05, 0) is 74.3 Å². The fraction of sp³-hybridized carbons (Fsp3) is 0.462. The minimum Gasteiger partial charge on any atom is -0.497 e. The van der Waals surface area contributed by atoms with Gasteiger partial charge in [0.05, 0.1) is 26.3 Å². The van der Waals surface area contributed by atoms with Gasteiger partial charge in [0.1, 0.15) is 11.5 Å². The fourth-order valence-corrected chi connectivity index (χ4v) is 3.91. The van der Waals surface area contributed by atoms with Crippen LogP contribution in [0.5, 0.6) is 11.5 Å². The molecule has 1 heterocycles. The van der Waals surface area contributed by atoms with Crippen LogP contribution in [0.1, 0.15) is 54.6 Å². The Morgan fingerprint density at radius 2 is 1.64 bits per heavy atom. The number of benzene rings is 2. The van der Waals surface area contributed by atoms with Crippen molar-refractivity contribution in [3.05, 3.63) is 59.7 Å². The summed E-state index contributed by atoms with van der Waals surface area (Å²) in [6.45, 7) is 5.23. The molecule has 0 bridgehead atoms. The number of nitrogens with zero attached hydrogens (tertiary/aromatic N) is 1. The predicted molar refractivity (Wildman–Crippen MR) is 129 cm³/mol. The van der Waals surface area contributed by atoms with E-state index in [9.17, 15) is 9.59 Å². The Bertz CT molecular complexity index is 877. The molecule has 1 fully saturated rings. The van der Waals surface area contributed by atoms with Gasteiger partial charge in [-0.15, -0.1) is 0 Å². The Hall–Kier alpha value is -3.06. The molecule has 0 saturated carbocycles. The lowest BCUT2D eigenvalue weighted by Crippen LogP contribution is -2.41. The molecule has 2 amide bonds. The van der Waals surface area contributed by atoms with Crippen molar-refractivity contribution in [3.63, 3.8) is 0 Å². The third kappa shape index (κ3) is 7.49. The number of unbranched alkanes of at least 4 members (excludes halogenated alkanes) is 1. The molecule has 0 unspecified atom stereocenters. The zero-order valence-corrected chi connectivity index (χ0v) is 19.6. The SMILES string of the molecule is CCCCOc1ccc(C(=O)NCC(=O)NC[C@@H](c2ccc(OC)cc2)N2CCCC2)cc1. The zero-order valence-electron chi connectivity index (χ0n) is 19.6. The van der Waals surface area contributed by atoms with Crippen LogP contribution in [0.15, 0.2) is 48.5 Å². The van der Waals surface area contributed by atoms with Crippen molar-refractivity contribution in [1.29, 1.82) is 0 Å². The molecule has 3 rings (SSSR count). The predicted octanol–water partition coefficient (Wildman–Crippen LogP) is 3.56. The van der Waals surface area contributed by atoms with Gasteiger partial charge in [0.15, 0.2) is 0 Å². The number of rotatable bonds is 12. The average Bonchev–Trinajstić information content (AvgIpc) is 3.38. The van der Waals surface area contributed by atoms with Crippen molar-refractivity contribution in [1.82, 2.24) is 15.5 Å². The molecular formula is C26H35N3O4. The van der Waals surface area contributed by atoms with E-state index in [1.807, 2.05) is 24.3 Å². The van der Waals surface area contributed by atoms with Gasteiger partial charge in [0.25, 0.3) is 5.91 Å². The summed E-state index contributed by atoms with van der Waals surface area (Å²) >= 11 is 0. The van der Waals surface area contributed by atoms with Gasteiger partial charge in [-0.2, -0.15) is 0 Å². The molecule has 7 nitrogen and oxygen atoms in total. The van der Waals surface area contributed by atoms with Crippen LogP contribution in [-0.4, -0.2) is 56.6 Å². The molecule has 0 spiro atoms. The van der Waals surface area contributed by atoms with Crippen LogP contribution in [0.25, 0.3) is 0 Å². The number of carbonyl (C=O) groups is 2. The quantitative estimate of drug-likeness (QED) is 0.481. The number of hydrogen-bond donors (Lipinski definition) is 2. The number of carbonyl (C=O) groups excluding carboxylic acids is 2. The Morgan fingerprint density at radius 1 is 0.970 bits per heavy atom. The number of amides is 2. The monoisotopic (exact) mass is 453 g/mol. The molecule has 33 heavy (non-hydrogen) atoms. The second kappa shape index (κ2) is 12.8. The first-order valence-corrected chi connectivity index (χ1v) is 11.8. The van der Waals surface area contributed by atoms with Crippen LogP contribution >= 0.6 is 0 Å².